The van der Waals surface area contributed by atoms with Gasteiger partial charge in [-0.15, -0.1) is 33.7 Å². The molecule has 0 atom stereocenters. The lowest BCUT2D eigenvalue weighted by Gasteiger charge is -2.01. The number of pyridine rings is 1. The van der Waals surface area contributed by atoms with Crippen molar-refractivity contribution in [2.45, 2.75) is 16.2 Å². The maximum Gasteiger partial charge on any atom is 0.266 e. The third-order valence-corrected chi connectivity index (χ3v) is 6.45. The molecule has 0 bridgehead atoms. The lowest BCUT2D eigenvalue weighted by atomic mass is 10.1. The Morgan fingerprint density at radius 3 is 2.64 bits per heavy atom. The number of fused-ring (bicyclic) bond motifs is 1. The highest BCUT2D eigenvalue weighted by Gasteiger charge is 2.21. The topological polar surface area (TPSA) is 64.7 Å². The standard InChI is InChI=1S/C17H14N4OS3/c1-9-4-6-11-10(8-9)5-7-12(18-11)14-19-20-15(22-14)13-16(23-2)21-25-17(13)24-3/h4-8H,1-3H3. The van der Waals surface area contributed by atoms with Crippen molar-refractivity contribution in [3.8, 4) is 23.0 Å². The first kappa shape index (κ1) is 16.6. The van der Waals surface area contributed by atoms with E-state index in [1.54, 1.807) is 23.5 Å². The molecule has 0 fully saturated rings. The minimum atomic E-state index is 0.419. The highest BCUT2D eigenvalue weighted by molar-refractivity contribution is 8.01. The predicted octanol–water partition coefficient (Wildman–Crippen LogP) is 5.16. The molecule has 4 rings (SSSR count). The van der Waals surface area contributed by atoms with Crippen molar-refractivity contribution in [3.63, 3.8) is 0 Å². The SMILES string of the molecule is CSc1nsc(SC)c1-c1nnc(-c2ccc3cc(C)ccc3n2)o1. The molecule has 5 nitrogen and oxygen atoms in total. The molecule has 0 spiro atoms. The number of aryl methyl sites for hydroxylation is 1. The van der Waals surface area contributed by atoms with E-state index in [9.17, 15) is 0 Å². The van der Waals surface area contributed by atoms with Crippen LogP contribution in [-0.4, -0.2) is 32.1 Å². The van der Waals surface area contributed by atoms with E-state index in [1.165, 1.54) is 17.1 Å². The molecule has 126 valence electrons. The molecule has 4 aromatic rings. The molecule has 0 N–H and O–H groups in total. The van der Waals surface area contributed by atoms with Crippen molar-refractivity contribution in [2.24, 2.45) is 0 Å². The van der Waals surface area contributed by atoms with Crippen LogP contribution >= 0.6 is 35.1 Å². The van der Waals surface area contributed by atoms with Crippen molar-refractivity contribution >= 4 is 46.0 Å². The number of thioether (sulfide) groups is 2. The van der Waals surface area contributed by atoms with Crippen molar-refractivity contribution in [3.05, 3.63) is 35.9 Å². The normalized spacial score (nSPS) is 11.3. The predicted molar refractivity (Wildman–Crippen MR) is 104 cm³/mol. The van der Waals surface area contributed by atoms with Gasteiger partial charge >= 0.3 is 0 Å². The largest absolute Gasteiger partial charge is 0.414 e. The van der Waals surface area contributed by atoms with Crippen LogP contribution in [0.25, 0.3) is 33.9 Å². The van der Waals surface area contributed by atoms with Gasteiger partial charge in [0.25, 0.3) is 11.8 Å². The van der Waals surface area contributed by atoms with Crippen LogP contribution < -0.4 is 0 Å². The zero-order valence-electron chi connectivity index (χ0n) is 13.8. The van der Waals surface area contributed by atoms with E-state index in [-0.39, 0.29) is 0 Å². The minimum Gasteiger partial charge on any atom is -0.414 e. The van der Waals surface area contributed by atoms with E-state index in [2.05, 4.69) is 32.5 Å². The van der Waals surface area contributed by atoms with Crippen LogP contribution in [0.2, 0.25) is 0 Å². The number of hydrogen-bond acceptors (Lipinski definition) is 8. The molecule has 3 heterocycles. The molecule has 0 unspecified atom stereocenters. The Balaban J connectivity index is 1.77. The number of hydrogen-bond donors (Lipinski definition) is 0. The van der Waals surface area contributed by atoms with Crippen LogP contribution in [0.3, 0.4) is 0 Å². The lowest BCUT2D eigenvalue weighted by Crippen LogP contribution is -1.86. The average Bonchev–Trinajstić information content (AvgIpc) is 3.27. The van der Waals surface area contributed by atoms with Gasteiger partial charge in [-0.1, -0.05) is 17.7 Å². The first-order chi connectivity index (χ1) is 12.2. The third-order valence-electron chi connectivity index (χ3n) is 3.71. The fraction of sp³-hybridized carbons (Fsp3) is 0.176. The summed E-state index contributed by atoms with van der Waals surface area (Å²) in [7, 11) is 0. The highest BCUT2D eigenvalue weighted by Crippen LogP contribution is 2.40. The maximum absolute atomic E-state index is 5.93. The Kier molecular flexibility index (Phi) is 4.49. The quantitative estimate of drug-likeness (QED) is 0.449. The van der Waals surface area contributed by atoms with Gasteiger partial charge in [-0.05, 0) is 49.2 Å². The van der Waals surface area contributed by atoms with Gasteiger partial charge in [-0.2, -0.15) is 4.37 Å². The molecule has 1 aromatic carbocycles. The van der Waals surface area contributed by atoms with Crippen molar-refractivity contribution in [1.82, 2.24) is 19.6 Å². The van der Waals surface area contributed by atoms with Crippen LogP contribution in [0.15, 0.2) is 44.0 Å². The van der Waals surface area contributed by atoms with Gasteiger partial charge in [-0.3, -0.25) is 0 Å². The van der Waals surface area contributed by atoms with Crippen LogP contribution in [0.4, 0.5) is 0 Å². The van der Waals surface area contributed by atoms with Gasteiger partial charge < -0.3 is 4.42 Å². The molecule has 8 heteroatoms. The lowest BCUT2D eigenvalue weighted by molar-refractivity contribution is 0.580. The summed E-state index contributed by atoms with van der Waals surface area (Å²) in [6.45, 7) is 2.07. The third kappa shape index (κ3) is 3.05. The van der Waals surface area contributed by atoms with Crippen LogP contribution in [0.1, 0.15) is 5.56 Å². The van der Waals surface area contributed by atoms with Crippen LogP contribution in [0.5, 0.6) is 0 Å². The highest BCUT2D eigenvalue weighted by atomic mass is 32.2. The monoisotopic (exact) mass is 386 g/mol. The summed E-state index contributed by atoms with van der Waals surface area (Å²) in [6.07, 6.45) is 4.01. The smallest absolute Gasteiger partial charge is 0.266 e. The number of benzene rings is 1. The molecule has 3 aromatic heterocycles. The summed E-state index contributed by atoms with van der Waals surface area (Å²) in [6, 6.07) is 10.1. The molecular weight excluding hydrogens is 372 g/mol. The molecule has 0 aliphatic rings. The van der Waals surface area contributed by atoms with E-state index >= 15 is 0 Å². The van der Waals surface area contributed by atoms with Gasteiger partial charge in [0.2, 0.25) is 0 Å². The summed E-state index contributed by atoms with van der Waals surface area (Å²) in [5.74, 6) is 0.908. The number of rotatable bonds is 4. The molecule has 0 radical (unpaired) electrons. The first-order valence-electron chi connectivity index (χ1n) is 7.49. The number of nitrogens with zero attached hydrogens (tertiary/aromatic N) is 4. The average molecular weight is 387 g/mol. The zero-order valence-corrected chi connectivity index (χ0v) is 16.3. The summed E-state index contributed by atoms with van der Waals surface area (Å²) >= 11 is 4.66. The second-order valence-electron chi connectivity index (χ2n) is 5.36. The summed E-state index contributed by atoms with van der Waals surface area (Å²) in [4.78, 5) is 4.65. The maximum atomic E-state index is 5.93. The molecule has 0 saturated heterocycles. The van der Waals surface area contributed by atoms with Gasteiger partial charge in [0, 0.05) is 5.39 Å². The second-order valence-corrected chi connectivity index (χ2v) is 8.01. The second kappa shape index (κ2) is 6.78. The Hall–Kier alpha value is -1.90. The summed E-state index contributed by atoms with van der Waals surface area (Å²) in [5.41, 5.74) is 3.71. The Morgan fingerprint density at radius 1 is 1.00 bits per heavy atom. The Labute approximate surface area is 157 Å². The molecule has 0 saturated carbocycles. The fourth-order valence-electron chi connectivity index (χ4n) is 2.51. The Bertz CT molecular complexity index is 1040. The van der Waals surface area contributed by atoms with Crippen molar-refractivity contribution in [1.29, 1.82) is 0 Å². The van der Waals surface area contributed by atoms with Crippen LogP contribution in [0, 0.1) is 6.92 Å². The van der Waals surface area contributed by atoms with Gasteiger partial charge in [0.15, 0.2) is 0 Å². The minimum absolute atomic E-state index is 0.419. The Morgan fingerprint density at radius 2 is 1.84 bits per heavy atom. The van der Waals surface area contributed by atoms with E-state index in [0.29, 0.717) is 17.5 Å². The summed E-state index contributed by atoms with van der Waals surface area (Å²) < 4.78 is 11.5. The molecule has 0 aliphatic carbocycles. The molecule has 0 aliphatic heterocycles. The fourth-order valence-corrected chi connectivity index (χ4v) is 4.77. The molecule has 25 heavy (non-hydrogen) atoms. The number of aromatic nitrogens is 4. The van der Waals surface area contributed by atoms with Crippen molar-refractivity contribution < 1.29 is 4.42 Å². The van der Waals surface area contributed by atoms with E-state index in [0.717, 1.165) is 25.7 Å². The van der Waals surface area contributed by atoms with Gasteiger partial charge in [-0.25, -0.2) is 4.98 Å². The molecule has 0 amide bonds. The van der Waals surface area contributed by atoms with Gasteiger partial charge in [0.1, 0.15) is 10.7 Å². The van der Waals surface area contributed by atoms with Crippen molar-refractivity contribution in [2.75, 3.05) is 12.5 Å². The zero-order chi connectivity index (χ0) is 17.4. The van der Waals surface area contributed by atoms with E-state index < -0.39 is 0 Å². The summed E-state index contributed by atoms with van der Waals surface area (Å²) in [5, 5.41) is 10.4. The molecular formula is C17H14N4OS3. The van der Waals surface area contributed by atoms with Gasteiger partial charge in [0.05, 0.1) is 15.3 Å². The van der Waals surface area contributed by atoms with Crippen LogP contribution in [-0.2, 0) is 0 Å². The van der Waals surface area contributed by atoms with E-state index in [4.69, 9.17) is 4.42 Å². The van der Waals surface area contributed by atoms with E-state index in [1.807, 2.05) is 36.8 Å². The first-order valence-corrected chi connectivity index (χ1v) is 10.7.